The van der Waals surface area contributed by atoms with Crippen LogP contribution < -0.4 is 4.74 Å². The van der Waals surface area contributed by atoms with Crippen LogP contribution >= 0.6 is 0 Å². The van der Waals surface area contributed by atoms with Gasteiger partial charge >= 0.3 is 0 Å². The number of aromatic nitrogens is 1. The van der Waals surface area contributed by atoms with Crippen molar-refractivity contribution in [3.05, 3.63) is 23.5 Å². The van der Waals surface area contributed by atoms with Crippen molar-refractivity contribution in [2.45, 2.75) is 26.2 Å². The lowest BCUT2D eigenvalue weighted by molar-refractivity contribution is 0.141. The van der Waals surface area contributed by atoms with Gasteiger partial charge in [0.2, 0.25) is 0 Å². The number of pyridine rings is 1. The summed E-state index contributed by atoms with van der Waals surface area (Å²) in [6.45, 7) is 3.94. The fraction of sp³-hybridized carbons (Fsp3) is 0.500. The molecule has 0 radical (unpaired) electrons. The Balaban J connectivity index is 3.11. The Bertz CT molecular complexity index is 313. The summed E-state index contributed by atoms with van der Waals surface area (Å²) in [6.07, 6.45) is -1.12. The van der Waals surface area contributed by atoms with E-state index in [0.29, 0.717) is 0 Å². The minimum atomic E-state index is -2.59. The zero-order chi connectivity index (χ0) is 10.7. The highest BCUT2D eigenvalue weighted by molar-refractivity contribution is 5.33. The Morgan fingerprint density at radius 3 is 2.43 bits per heavy atom. The van der Waals surface area contributed by atoms with Crippen LogP contribution in [-0.4, -0.2) is 12.1 Å². The van der Waals surface area contributed by atoms with Gasteiger partial charge in [0.15, 0.2) is 0 Å². The Hall–Kier alpha value is -1.19. The van der Waals surface area contributed by atoms with Crippen molar-refractivity contribution in [2.24, 2.45) is 0 Å². The Morgan fingerprint density at radius 2 is 2.00 bits per heavy atom. The highest BCUT2D eigenvalue weighted by Gasteiger charge is 2.16. The molecule has 0 fully saturated rings. The largest absolute Gasteiger partial charge is 0.495 e. The van der Waals surface area contributed by atoms with Gasteiger partial charge in [-0.05, 0) is 17.5 Å². The van der Waals surface area contributed by atoms with Crippen molar-refractivity contribution >= 4 is 0 Å². The Labute approximate surface area is 81.9 Å². The summed E-state index contributed by atoms with van der Waals surface area (Å²) in [5.74, 6) is 0.411. The maximum atomic E-state index is 12.4. The van der Waals surface area contributed by atoms with Crippen LogP contribution in [0.1, 0.15) is 37.4 Å². The molecule has 1 aromatic rings. The lowest BCUT2D eigenvalue weighted by Gasteiger charge is -2.10. The second-order valence-corrected chi connectivity index (χ2v) is 3.31. The molecule has 1 rings (SSSR count). The standard InChI is InChI=1S/C10H13F2NO/c1-6(2)7-4-8(14-3)9(10(11)12)13-5-7/h4-6,10H,1-3H3. The molecule has 4 heteroatoms. The van der Waals surface area contributed by atoms with E-state index in [1.54, 1.807) is 6.07 Å². The molecule has 0 saturated heterocycles. The van der Waals surface area contributed by atoms with E-state index >= 15 is 0 Å². The molecule has 0 unspecified atom stereocenters. The molecule has 78 valence electrons. The normalized spacial score (nSPS) is 11.1. The van der Waals surface area contributed by atoms with Crippen LogP contribution in [0.15, 0.2) is 12.3 Å². The molecule has 14 heavy (non-hydrogen) atoms. The number of halogens is 2. The van der Waals surface area contributed by atoms with Crippen LogP contribution in [0, 0.1) is 0 Å². The molecule has 0 bridgehead atoms. The van der Waals surface area contributed by atoms with E-state index in [9.17, 15) is 8.78 Å². The monoisotopic (exact) mass is 201 g/mol. The molecule has 0 aliphatic carbocycles. The first-order valence-electron chi connectivity index (χ1n) is 4.38. The third kappa shape index (κ3) is 2.19. The van der Waals surface area contributed by atoms with Gasteiger partial charge in [-0.15, -0.1) is 0 Å². The first-order chi connectivity index (χ1) is 6.56. The molecule has 0 aliphatic rings. The summed E-state index contributed by atoms with van der Waals surface area (Å²) in [5.41, 5.74) is 0.600. The van der Waals surface area contributed by atoms with Crippen molar-refractivity contribution in [2.75, 3.05) is 7.11 Å². The van der Waals surface area contributed by atoms with Gasteiger partial charge in [0.1, 0.15) is 11.4 Å². The summed E-state index contributed by atoms with van der Waals surface area (Å²) < 4.78 is 29.7. The zero-order valence-corrected chi connectivity index (χ0v) is 8.42. The van der Waals surface area contributed by atoms with Gasteiger partial charge < -0.3 is 4.74 Å². The maximum absolute atomic E-state index is 12.4. The van der Waals surface area contributed by atoms with Crippen LogP contribution in [0.25, 0.3) is 0 Å². The summed E-state index contributed by atoms with van der Waals surface area (Å²) in [6, 6.07) is 1.61. The number of rotatable bonds is 3. The molecular weight excluding hydrogens is 188 g/mol. The van der Waals surface area contributed by atoms with Crippen LogP contribution in [-0.2, 0) is 0 Å². The Kier molecular flexibility index (Phi) is 3.38. The first-order valence-corrected chi connectivity index (χ1v) is 4.38. The van der Waals surface area contributed by atoms with Crippen LogP contribution in [0.5, 0.6) is 5.75 Å². The fourth-order valence-electron chi connectivity index (χ4n) is 1.11. The Morgan fingerprint density at radius 1 is 1.36 bits per heavy atom. The summed E-state index contributed by atoms with van der Waals surface area (Å²) >= 11 is 0. The molecular formula is C10H13F2NO. The molecule has 2 nitrogen and oxygen atoms in total. The number of alkyl halides is 2. The lowest BCUT2D eigenvalue weighted by atomic mass is 10.1. The minimum Gasteiger partial charge on any atom is -0.495 e. The van der Waals surface area contributed by atoms with E-state index in [1.807, 2.05) is 13.8 Å². The van der Waals surface area contributed by atoms with Crippen LogP contribution in [0.4, 0.5) is 8.78 Å². The zero-order valence-electron chi connectivity index (χ0n) is 8.42. The molecule has 0 amide bonds. The van der Waals surface area contributed by atoms with Gasteiger partial charge in [0.25, 0.3) is 6.43 Å². The molecule has 0 aliphatic heterocycles. The van der Waals surface area contributed by atoms with E-state index in [2.05, 4.69) is 4.98 Å². The molecule has 0 saturated carbocycles. The molecule has 1 heterocycles. The average Bonchev–Trinajstić information content (AvgIpc) is 2.16. The highest BCUT2D eigenvalue weighted by Crippen LogP contribution is 2.29. The molecule has 0 atom stereocenters. The van der Waals surface area contributed by atoms with E-state index < -0.39 is 6.43 Å². The van der Waals surface area contributed by atoms with Gasteiger partial charge in [-0.3, -0.25) is 4.98 Å². The van der Waals surface area contributed by atoms with Gasteiger partial charge in [0, 0.05) is 6.20 Å². The van der Waals surface area contributed by atoms with E-state index in [0.717, 1.165) is 5.56 Å². The topological polar surface area (TPSA) is 22.1 Å². The number of hydrogen-bond acceptors (Lipinski definition) is 2. The number of ether oxygens (including phenoxy) is 1. The number of nitrogens with zero attached hydrogens (tertiary/aromatic N) is 1. The number of methoxy groups -OCH3 is 1. The second kappa shape index (κ2) is 4.35. The van der Waals surface area contributed by atoms with Crippen LogP contribution in [0.3, 0.4) is 0 Å². The van der Waals surface area contributed by atoms with Gasteiger partial charge in [-0.2, -0.15) is 0 Å². The molecule has 1 aromatic heterocycles. The molecule has 0 spiro atoms. The van der Waals surface area contributed by atoms with Crippen molar-refractivity contribution in [1.82, 2.24) is 4.98 Å². The molecule has 0 aromatic carbocycles. The fourth-order valence-corrected chi connectivity index (χ4v) is 1.11. The third-order valence-electron chi connectivity index (χ3n) is 2.00. The third-order valence-corrected chi connectivity index (χ3v) is 2.00. The van der Waals surface area contributed by atoms with Crippen molar-refractivity contribution in [1.29, 1.82) is 0 Å². The second-order valence-electron chi connectivity index (χ2n) is 3.31. The predicted octanol–water partition coefficient (Wildman–Crippen LogP) is 3.15. The summed E-state index contributed by atoms with van der Waals surface area (Å²) in [4.78, 5) is 3.70. The number of hydrogen-bond donors (Lipinski definition) is 0. The smallest absolute Gasteiger partial charge is 0.284 e. The maximum Gasteiger partial charge on any atom is 0.284 e. The van der Waals surface area contributed by atoms with Crippen molar-refractivity contribution < 1.29 is 13.5 Å². The highest BCUT2D eigenvalue weighted by atomic mass is 19.3. The lowest BCUT2D eigenvalue weighted by Crippen LogP contribution is -1.99. The van der Waals surface area contributed by atoms with Gasteiger partial charge in [-0.1, -0.05) is 13.8 Å². The van der Waals surface area contributed by atoms with Crippen molar-refractivity contribution in [3.8, 4) is 5.75 Å². The average molecular weight is 201 g/mol. The van der Waals surface area contributed by atoms with Crippen LogP contribution in [0.2, 0.25) is 0 Å². The summed E-state index contributed by atoms with van der Waals surface area (Å²) in [5, 5.41) is 0. The van der Waals surface area contributed by atoms with E-state index in [1.165, 1.54) is 13.3 Å². The molecule has 0 N–H and O–H groups in total. The predicted molar refractivity (Wildman–Crippen MR) is 49.8 cm³/mol. The quantitative estimate of drug-likeness (QED) is 0.749. The van der Waals surface area contributed by atoms with E-state index in [4.69, 9.17) is 4.74 Å². The first kappa shape index (κ1) is 10.9. The summed E-state index contributed by atoms with van der Waals surface area (Å²) in [7, 11) is 1.37. The van der Waals surface area contributed by atoms with Crippen molar-refractivity contribution in [3.63, 3.8) is 0 Å². The van der Waals surface area contributed by atoms with E-state index in [-0.39, 0.29) is 17.4 Å². The van der Waals surface area contributed by atoms with Gasteiger partial charge in [0.05, 0.1) is 7.11 Å². The SMILES string of the molecule is COc1cc(C(C)C)cnc1C(F)F. The van der Waals surface area contributed by atoms with Gasteiger partial charge in [-0.25, -0.2) is 8.78 Å². The minimum absolute atomic E-state index is 0.159.